The minimum absolute atomic E-state index is 0.645. The Morgan fingerprint density at radius 1 is 1.18 bits per heavy atom. The normalized spacial score (nSPS) is 29.0. The first-order valence-corrected chi connectivity index (χ1v) is 7.84. The lowest BCUT2D eigenvalue weighted by Crippen LogP contribution is -2.35. The lowest BCUT2D eigenvalue weighted by Gasteiger charge is -2.35. The molecule has 17 heavy (non-hydrogen) atoms. The van der Waals surface area contributed by atoms with E-state index >= 15 is 0 Å². The minimum atomic E-state index is 0.645. The number of benzene rings is 1. The van der Waals surface area contributed by atoms with Gasteiger partial charge in [0, 0.05) is 16.6 Å². The van der Waals surface area contributed by atoms with Crippen molar-refractivity contribution in [2.75, 3.05) is 11.6 Å². The first-order chi connectivity index (χ1) is 8.22. The average Bonchev–Trinajstić information content (AvgIpc) is 2.35. The Hall–Kier alpha value is -0.630. The summed E-state index contributed by atoms with van der Waals surface area (Å²) >= 11 is 1.82. The highest BCUT2D eigenvalue weighted by Gasteiger charge is 2.27. The number of thioether (sulfide) groups is 1. The van der Waals surface area contributed by atoms with Gasteiger partial charge in [0.05, 0.1) is 0 Å². The van der Waals surface area contributed by atoms with Gasteiger partial charge in [0.25, 0.3) is 0 Å². The zero-order chi connectivity index (χ0) is 12.3. The van der Waals surface area contributed by atoms with Crippen molar-refractivity contribution >= 4 is 17.4 Å². The maximum absolute atomic E-state index is 3.76. The standard InChI is InChI=1S/C15H23NS/c1-11-7-6-9-13(12(11)2)16-14-8-4-5-10-15(14)17-3/h4-5,8,10-13,16H,6-7,9H2,1-3H3. The van der Waals surface area contributed by atoms with E-state index in [1.807, 2.05) is 11.8 Å². The highest BCUT2D eigenvalue weighted by molar-refractivity contribution is 7.98. The second-order valence-corrected chi connectivity index (χ2v) is 6.07. The summed E-state index contributed by atoms with van der Waals surface area (Å²) in [5, 5.41) is 3.76. The van der Waals surface area contributed by atoms with E-state index in [-0.39, 0.29) is 0 Å². The fraction of sp³-hybridized carbons (Fsp3) is 0.600. The van der Waals surface area contributed by atoms with Gasteiger partial charge in [0.15, 0.2) is 0 Å². The van der Waals surface area contributed by atoms with Crippen molar-refractivity contribution in [3.8, 4) is 0 Å². The van der Waals surface area contributed by atoms with Gasteiger partial charge in [0.1, 0.15) is 0 Å². The molecule has 0 heterocycles. The fourth-order valence-electron chi connectivity index (χ4n) is 2.75. The first kappa shape index (κ1) is 12.8. The monoisotopic (exact) mass is 249 g/mol. The summed E-state index contributed by atoms with van der Waals surface area (Å²) in [7, 11) is 0. The van der Waals surface area contributed by atoms with Crippen molar-refractivity contribution in [2.45, 2.75) is 44.0 Å². The highest BCUT2D eigenvalue weighted by atomic mass is 32.2. The number of rotatable bonds is 3. The van der Waals surface area contributed by atoms with Gasteiger partial charge in [-0.1, -0.05) is 38.8 Å². The van der Waals surface area contributed by atoms with Crippen LogP contribution in [0, 0.1) is 11.8 Å². The molecular formula is C15H23NS. The van der Waals surface area contributed by atoms with Crippen molar-refractivity contribution < 1.29 is 0 Å². The molecular weight excluding hydrogens is 226 g/mol. The van der Waals surface area contributed by atoms with Crippen LogP contribution in [0.1, 0.15) is 33.1 Å². The average molecular weight is 249 g/mol. The molecule has 1 saturated carbocycles. The Bertz CT molecular complexity index is 364. The predicted octanol–water partition coefficient (Wildman–Crippen LogP) is 4.65. The quantitative estimate of drug-likeness (QED) is 0.783. The van der Waals surface area contributed by atoms with Gasteiger partial charge in [-0.15, -0.1) is 11.8 Å². The maximum atomic E-state index is 3.76. The van der Waals surface area contributed by atoms with Crippen molar-refractivity contribution in [1.29, 1.82) is 0 Å². The van der Waals surface area contributed by atoms with Gasteiger partial charge in [-0.3, -0.25) is 0 Å². The van der Waals surface area contributed by atoms with Crippen LogP contribution in [0.15, 0.2) is 29.2 Å². The van der Waals surface area contributed by atoms with Gasteiger partial charge < -0.3 is 5.32 Å². The van der Waals surface area contributed by atoms with Crippen molar-refractivity contribution in [3.05, 3.63) is 24.3 Å². The fourth-order valence-corrected chi connectivity index (χ4v) is 3.31. The van der Waals surface area contributed by atoms with Gasteiger partial charge in [-0.2, -0.15) is 0 Å². The molecule has 0 saturated heterocycles. The third kappa shape index (κ3) is 2.98. The lowest BCUT2D eigenvalue weighted by molar-refractivity contribution is 0.253. The third-order valence-corrected chi connectivity index (χ3v) is 4.95. The molecule has 0 bridgehead atoms. The molecule has 3 unspecified atom stereocenters. The van der Waals surface area contributed by atoms with Crippen molar-refractivity contribution in [1.82, 2.24) is 0 Å². The Kier molecular flexibility index (Phi) is 4.38. The van der Waals surface area contributed by atoms with Crippen LogP contribution in [0.5, 0.6) is 0 Å². The number of hydrogen-bond donors (Lipinski definition) is 1. The summed E-state index contributed by atoms with van der Waals surface area (Å²) in [6.07, 6.45) is 6.22. The molecule has 94 valence electrons. The van der Waals surface area contributed by atoms with Crippen LogP contribution in [0.2, 0.25) is 0 Å². The first-order valence-electron chi connectivity index (χ1n) is 6.62. The molecule has 0 amide bonds. The van der Waals surface area contributed by atoms with Gasteiger partial charge in [0.2, 0.25) is 0 Å². The van der Waals surface area contributed by atoms with E-state index in [1.54, 1.807) is 0 Å². The Morgan fingerprint density at radius 3 is 2.71 bits per heavy atom. The summed E-state index contributed by atoms with van der Waals surface area (Å²) in [5.41, 5.74) is 1.31. The van der Waals surface area contributed by atoms with Crippen LogP contribution in [0.4, 0.5) is 5.69 Å². The summed E-state index contributed by atoms with van der Waals surface area (Å²) < 4.78 is 0. The second-order valence-electron chi connectivity index (χ2n) is 5.22. The molecule has 1 aromatic rings. The van der Waals surface area contributed by atoms with E-state index in [1.165, 1.54) is 29.8 Å². The predicted molar refractivity (Wildman–Crippen MR) is 77.8 cm³/mol. The topological polar surface area (TPSA) is 12.0 Å². The second kappa shape index (κ2) is 5.81. The van der Waals surface area contributed by atoms with Crippen molar-refractivity contribution in [3.63, 3.8) is 0 Å². The molecule has 2 rings (SSSR count). The van der Waals surface area contributed by atoms with Gasteiger partial charge >= 0.3 is 0 Å². The molecule has 0 spiro atoms. The molecule has 1 aliphatic carbocycles. The summed E-state index contributed by atoms with van der Waals surface area (Å²) in [6.45, 7) is 4.78. The van der Waals surface area contributed by atoms with E-state index in [0.717, 1.165) is 11.8 Å². The van der Waals surface area contributed by atoms with Gasteiger partial charge in [-0.25, -0.2) is 0 Å². The van der Waals surface area contributed by atoms with Crippen LogP contribution in [0.3, 0.4) is 0 Å². The zero-order valence-corrected chi connectivity index (χ0v) is 11.9. The van der Waals surface area contributed by atoms with Crippen LogP contribution >= 0.6 is 11.8 Å². The maximum Gasteiger partial charge on any atom is 0.0480 e. The van der Waals surface area contributed by atoms with E-state index in [9.17, 15) is 0 Å². The summed E-state index contributed by atoms with van der Waals surface area (Å²) in [4.78, 5) is 1.36. The van der Waals surface area contributed by atoms with Crippen LogP contribution < -0.4 is 5.32 Å². The zero-order valence-electron chi connectivity index (χ0n) is 11.1. The number of anilines is 1. The van der Waals surface area contributed by atoms with E-state index in [2.05, 4.69) is 49.7 Å². The Balaban J connectivity index is 2.09. The number of hydrogen-bond acceptors (Lipinski definition) is 2. The van der Waals surface area contributed by atoms with E-state index in [0.29, 0.717) is 6.04 Å². The van der Waals surface area contributed by atoms with Crippen LogP contribution in [0.25, 0.3) is 0 Å². The van der Waals surface area contributed by atoms with Crippen LogP contribution in [-0.2, 0) is 0 Å². The minimum Gasteiger partial charge on any atom is -0.381 e. The smallest absolute Gasteiger partial charge is 0.0480 e. The molecule has 3 atom stereocenters. The third-order valence-electron chi connectivity index (χ3n) is 4.15. The number of para-hydroxylation sites is 1. The SMILES string of the molecule is CSc1ccccc1NC1CCCC(C)C1C. The molecule has 0 aliphatic heterocycles. The largest absolute Gasteiger partial charge is 0.381 e. The summed E-state index contributed by atoms with van der Waals surface area (Å²) in [5.74, 6) is 1.63. The molecule has 1 aliphatic rings. The molecule has 0 aromatic heterocycles. The summed E-state index contributed by atoms with van der Waals surface area (Å²) in [6, 6.07) is 9.29. The highest BCUT2D eigenvalue weighted by Crippen LogP contribution is 2.33. The van der Waals surface area contributed by atoms with E-state index in [4.69, 9.17) is 0 Å². The molecule has 2 heteroatoms. The molecule has 1 nitrogen and oxygen atoms in total. The molecule has 0 radical (unpaired) electrons. The Labute approximate surface area is 109 Å². The van der Waals surface area contributed by atoms with Crippen molar-refractivity contribution in [2.24, 2.45) is 11.8 Å². The Morgan fingerprint density at radius 2 is 1.94 bits per heavy atom. The lowest BCUT2D eigenvalue weighted by atomic mass is 9.78. The molecule has 1 N–H and O–H groups in total. The van der Waals surface area contributed by atoms with Crippen LogP contribution in [-0.4, -0.2) is 12.3 Å². The molecule has 1 aromatic carbocycles. The van der Waals surface area contributed by atoms with E-state index < -0.39 is 0 Å². The number of nitrogens with one attached hydrogen (secondary N) is 1. The van der Waals surface area contributed by atoms with Gasteiger partial charge in [-0.05, 0) is 36.6 Å². The molecule has 1 fully saturated rings.